The first-order chi connectivity index (χ1) is 6.22. The number of carbonyl (C=O) groups excluding carboxylic acids is 1. The normalized spacial score (nSPS) is 20.2. The Balaban J connectivity index is 2.16. The maximum absolute atomic E-state index is 10.8. The van der Waals surface area contributed by atoms with Crippen LogP contribution in [-0.2, 0) is 9.53 Å². The lowest BCUT2D eigenvalue weighted by Gasteiger charge is -2.18. The summed E-state index contributed by atoms with van der Waals surface area (Å²) in [4.78, 5) is 13.0. The molecule has 0 amide bonds. The van der Waals surface area contributed by atoms with Gasteiger partial charge in [0.25, 0.3) is 0 Å². The molecule has 1 rings (SSSR count). The Hall–Kier alpha value is -0.610. The highest BCUT2D eigenvalue weighted by Gasteiger charge is 2.17. The Labute approximate surface area is 78.5 Å². The third-order valence-corrected chi connectivity index (χ3v) is 2.30. The van der Waals surface area contributed by atoms with Crippen LogP contribution in [0.1, 0.15) is 19.3 Å². The highest BCUT2D eigenvalue weighted by atomic mass is 16.5. The molecule has 4 nitrogen and oxygen atoms in total. The van der Waals surface area contributed by atoms with Crippen LogP contribution in [0.15, 0.2) is 0 Å². The van der Waals surface area contributed by atoms with E-state index < -0.39 is 6.10 Å². The van der Waals surface area contributed by atoms with Crippen LogP contribution in [0, 0.1) is 0 Å². The SMILES string of the molecule is COC(=O)CC(O)CN1CCCC1. The van der Waals surface area contributed by atoms with E-state index in [1.807, 2.05) is 0 Å². The number of aliphatic hydroxyl groups excluding tert-OH is 1. The van der Waals surface area contributed by atoms with Gasteiger partial charge in [0.05, 0.1) is 19.6 Å². The van der Waals surface area contributed by atoms with Crippen molar-refractivity contribution in [3.63, 3.8) is 0 Å². The minimum Gasteiger partial charge on any atom is -0.469 e. The quantitative estimate of drug-likeness (QED) is 0.630. The molecule has 76 valence electrons. The van der Waals surface area contributed by atoms with E-state index in [1.165, 1.54) is 20.0 Å². The van der Waals surface area contributed by atoms with E-state index >= 15 is 0 Å². The van der Waals surface area contributed by atoms with Gasteiger partial charge in [-0.15, -0.1) is 0 Å². The van der Waals surface area contributed by atoms with Crippen molar-refractivity contribution in [1.82, 2.24) is 4.90 Å². The van der Waals surface area contributed by atoms with Crippen LogP contribution in [0.4, 0.5) is 0 Å². The molecule has 0 radical (unpaired) electrons. The van der Waals surface area contributed by atoms with E-state index in [4.69, 9.17) is 0 Å². The molecule has 4 heteroatoms. The largest absolute Gasteiger partial charge is 0.469 e. The standard InChI is InChI=1S/C9H17NO3/c1-13-9(12)6-8(11)7-10-4-2-3-5-10/h8,11H,2-7H2,1H3. The van der Waals surface area contributed by atoms with Gasteiger partial charge in [0.2, 0.25) is 0 Å². The summed E-state index contributed by atoms with van der Waals surface area (Å²) in [6.07, 6.45) is 1.92. The first-order valence-corrected chi connectivity index (χ1v) is 4.69. The van der Waals surface area contributed by atoms with E-state index in [-0.39, 0.29) is 12.4 Å². The fraction of sp³-hybridized carbons (Fsp3) is 0.889. The van der Waals surface area contributed by atoms with Crippen LogP contribution in [0.3, 0.4) is 0 Å². The molecule has 1 aliphatic rings. The minimum atomic E-state index is -0.578. The summed E-state index contributed by atoms with van der Waals surface area (Å²) < 4.78 is 4.47. The predicted octanol–water partition coefficient (Wildman–Crippen LogP) is 0.00620. The molecular formula is C9H17NO3. The molecule has 0 bridgehead atoms. The molecule has 1 N–H and O–H groups in total. The number of carbonyl (C=O) groups is 1. The van der Waals surface area contributed by atoms with Crippen molar-refractivity contribution in [3.8, 4) is 0 Å². The number of hydrogen-bond donors (Lipinski definition) is 1. The summed E-state index contributed by atoms with van der Waals surface area (Å²) in [5.41, 5.74) is 0. The summed E-state index contributed by atoms with van der Waals surface area (Å²) in [5.74, 6) is -0.341. The third-order valence-electron chi connectivity index (χ3n) is 2.30. The second-order valence-electron chi connectivity index (χ2n) is 3.44. The minimum absolute atomic E-state index is 0.104. The molecule has 0 saturated carbocycles. The molecule has 0 aromatic heterocycles. The Morgan fingerprint density at radius 1 is 1.54 bits per heavy atom. The Morgan fingerprint density at radius 2 is 2.15 bits per heavy atom. The summed E-state index contributed by atoms with van der Waals surface area (Å²) in [7, 11) is 1.34. The van der Waals surface area contributed by atoms with Gasteiger partial charge in [-0.2, -0.15) is 0 Å². The number of likely N-dealkylation sites (tertiary alicyclic amines) is 1. The van der Waals surface area contributed by atoms with Crippen molar-refractivity contribution in [2.24, 2.45) is 0 Å². The van der Waals surface area contributed by atoms with Gasteiger partial charge in [-0.1, -0.05) is 0 Å². The molecule has 1 atom stereocenters. The lowest BCUT2D eigenvalue weighted by atomic mass is 10.2. The molecule has 0 aromatic rings. The lowest BCUT2D eigenvalue weighted by molar-refractivity contribution is -0.143. The number of aliphatic hydroxyl groups is 1. The maximum Gasteiger partial charge on any atom is 0.308 e. The molecule has 13 heavy (non-hydrogen) atoms. The molecule has 1 heterocycles. The Kier molecular flexibility index (Phi) is 4.18. The van der Waals surface area contributed by atoms with Crippen LogP contribution in [0.2, 0.25) is 0 Å². The average Bonchev–Trinajstić information content (AvgIpc) is 2.56. The molecule has 1 unspecified atom stereocenters. The van der Waals surface area contributed by atoms with Crippen LogP contribution in [0.25, 0.3) is 0 Å². The van der Waals surface area contributed by atoms with Crippen molar-refractivity contribution in [2.45, 2.75) is 25.4 Å². The van der Waals surface area contributed by atoms with E-state index in [0.717, 1.165) is 13.1 Å². The summed E-state index contributed by atoms with van der Waals surface area (Å²) in [5, 5.41) is 9.47. The first kappa shape index (κ1) is 10.5. The Morgan fingerprint density at radius 3 is 2.69 bits per heavy atom. The highest BCUT2D eigenvalue weighted by molar-refractivity contribution is 5.69. The number of methoxy groups -OCH3 is 1. The topological polar surface area (TPSA) is 49.8 Å². The van der Waals surface area contributed by atoms with Crippen LogP contribution in [-0.4, -0.2) is 48.8 Å². The molecule has 1 saturated heterocycles. The van der Waals surface area contributed by atoms with Gasteiger partial charge in [0.15, 0.2) is 0 Å². The van der Waals surface area contributed by atoms with Crippen molar-refractivity contribution in [1.29, 1.82) is 0 Å². The first-order valence-electron chi connectivity index (χ1n) is 4.69. The number of β-amino-alcohol motifs (C(OH)–C–C–N with tert-alkyl or cyclic N) is 1. The molecule has 0 aliphatic carbocycles. The number of esters is 1. The Bertz CT molecular complexity index is 166. The van der Waals surface area contributed by atoms with Crippen LogP contribution in [0.5, 0.6) is 0 Å². The molecule has 1 aliphatic heterocycles. The van der Waals surface area contributed by atoms with Crippen LogP contribution < -0.4 is 0 Å². The monoisotopic (exact) mass is 187 g/mol. The maximum atomic E-state index is 10.8. The van der Waals surface area contributed by atoms with E-state index in [0.29, 0.717) is 6.54 Å². The van der Waals surface area contributed by atoms with Gasteiger partial charge < -0.3 is 14.7 Å². The van der Waals surface area contributed by atoms with Crippen molar-refractivity contribution in [3.05, 3.63) is 0 Å². The average molecular weight is 187 g/mol. The predicted molar refractivity (Wildman–Crippen MR) is 48.3 cm³/mol. The van der Waals surface area contributed by atoms with Crippen molar-refractivity contribution in [2.75, 3.05) is 26.7 Å². The van der Waals surface area contributed by atoms with Gasteiger partial charge in [-0.25, -0.2) is 0 Å². The van der Waals surface area contributed by atoms with Crippen molar-refractivity contribution < 1.29 is 14.6 Å². The second kappa shape index (κ2) is 5.19. The van der Waals surface area contributed by atoms with Gasteiger partial charge in [-0.3, -0.25) is 4.79 Å². The van der Waals surface area contributed by atoms with Crippen molar-refractivity contribution >= 4 is 5.97 Å². The molecule has 0 aromatic carbocycles. The zero-order chi connectivity index (χ0) is 9.68. The number of rotatable bonds is 4. The fourth-order valence-electron chi connectivity index (χ4n) is 1.60. The third kappa shape index (κ3) is 3.74. The fourth-order valence-corrected chi connectivity index (χ4v) is 1.60. The summed E-state index contributed by atoms with van der Waals surface area (Å²) in [6, 6.07) is 0. The number of hydrogen-bond acceptors (Lipinski definition) is 4. The van der Waals surface area contributed by atoms with Gasteiger partial charge in [-0.05, 0) is 25.9 Å². The van der Waals surface area contributed by atoms with E-state index in [2.05, 4.69) is 9.64 Å². The van der Waals surface area contributed by atoms with Crippen LogP contribution >= 0.6 is 0 Å². The van der Waals surface area contributed by atoms with E-state index in [9.17, 15) is 9.90 Å². The van der Waals surface area contributed by atoms with Gasteiger partial charge in [0, 0.05) is 6.54 Å². The zero-order valence-corrected chi connectivity index (χ0v) is 8.03. The zero-order valence-electron chi connectivity index (χ0n) is 8.03. The molecular weight excluding hydrogens is 170 g/mol. The highest BCUT2D eigenvalue weighted by Crippen LogP contribution is 2.08. The molecule has 0 spiro atoms. The molecule has 1 fully saturated rings. The smallest absolute Gasteiger partial charge is 0.308 e. The number of nitrogens with zero attached hydrogens (tertiary/aromatic N) is 1. The lowest BCUT2D eigenvalue weighted by Crippen LogP contribution is -2.31. The van der Waals surface area contributed by atoms with Gasteiger partial charge >= 0.3 is 5.97 Å². The summed E-state index contributed by atoms with van der Waals surface area (Å²) >= 11 is 0. The van der Waals surface area contributed by atoms with Gasteiger partial charge in [0.1, 0.15) is 0 Å². The summed E-state index contributed by atoms with van der Waals surface area (Å²) in [6.45, 7) is 2.67. The van der Waals surface area contributed by atoms with E-state index in [1.54, 1.807) is 0 Å². The number of ether oxygens (including phenoxy) is 1. The second-order valence-corrected chi connectivity index (χ2v) is 3.44.